The van der Waals surface area contributed by atoms with E-state index >= 15 is 0 Å². The van der Waals surface area contributed by atoms with Crippen molar-refractivity contribution in [3.05, 3.63) is 23.9 Å². The summed E-state index contributed by atoms with van der Waals surface area (Å²) in [7, 11) is 0. The Hall–Kier alpha value is -1.16. The molecule has 0 atom stereocenters. The predicted molar refractivity (Wildman–Crippen MR) is 63.5 cm³/mol. The van der Waals surface area contributed by atoms with Crippen molar-refractivity contribution >= 4 is 23.1 Å². The number of hydrogen-bond acceptors (Lipinski definition) is 2. The Balaban J connectivity index is 2.44. The number of pyridine rings is 1. The largest absolute Gasteiger partial charge is 0.362 e. The second-order valence-corrected chi connectivity index (χ2v) is 3.51. The highest BCUT2D eigenvalue weighted by Crippen LogP contribution is 2.03. The third-order valence-electron chi connectivity index (χ3n) is 1.69. The van der Waals surface area contributed by atoms with Crippen molar-refractivity contribution in [2.75, 3.05) is 11.9 Å². The molecule has 14 heavy (non-hydrogen) atoms. The summed E-state index contributed by atoms with van der Waals surface area (Å²) >= 11 is 5.07. The maximum Gasteiger partial charge on any atom is 0.171 e. The van der Waals surface area contributed by atoms with Crippen molar-refractivity contribution in [2.45, 2.75) is 20.3 Å². The fourth-order valence-corrected chi connectivity index (χ4v) is 1.15. The average Bonchev–Trinajstić information content (AvgIpc) is 2.18. The van der Waals surface area contributed by atoms with Gasteiger partial charge in [0.25, 0.3) is 0 Å². The zero-order chi connectivity index (χ0) is 10.4. The summed E-state index contributed by atoms with van der Waals surface area (Å²) in [5, 5.41) is 6.72. The maximum atomic E-state index is 5.07. The standard InChI is InChI=1S/C10H15N3S/c1-3-6-11-10(14)13-9-5-4-8(2)7-12-9/h4-5,7H,3,6H2,1-2H3,(H2,11,12,13,14). The molecule has 3 nitrogen and oxygen atoms in total. The number of rotatable bonds is 3. The molecule has 4 heteroatoms. The Kier molecular flexibility index (Phi) is 4.32. The first-order valence-electron chi connectivity index (χ1n) is 4.70. The fraction of sp³-hybridized carbons (Fsp3) is 0.400. The molecule has 1 aromatic heterocycles. The monoisotopic (exact) mass is 209 g/mol. The van der Waals surface area contributed by atoms with Gasteiger partial charge in [-0.05, 0) is 37.2 Å². The van der Waals surface area contributed by atoms with Gasteiger partial charge in [0, 0.05) is 12.7 Å². The van der Waals surface area contributed by atoms with Crippen LogP contribution in [0.15, 0.2) is 18.3 Å². The predicted octanol–water partition coefficient (Wildman–Crippen LogP) is 2.09. The molecule has 0 bridgehead atoms. The summed E-state index contributed by atoms with van der Waals surface area (Å²) in [6.45, 7) is 4.99. The molecule has 0 amide bonds. The Morgan fingerprint density at radius 3 is 2.86 bits per heavy atom. The highest BCUT2D eigenvalue weighted by atomic mass is 32.1. The maximum absolute atomic E-state index is 5.07. The molecule has 1 rings (SSSR count). The topological polar surface area (TPSA) is 37.0 Å². The summed E-state index contributed by atoms with van der Waals surface area (Å²) in [5.74, 6) is 0.782. The van der Waals surface area contributed by atoms with Crippen LogP contribution in [0.25, 0.3) is 0 Å². The quantitative estimate of drug-likeness (QED) is 0.747. The number of nitrogens with zero attached hydrogens (tertiary/aromatic N) is 1. The SMILES string of the molecule is CCCNC(=S)Nc1ccc(C)cn1. The first kappa shape index (κ1) is 10.9. The molecular weight excluding hydrogens is 194 g/mol. The Labute approximate surface area is 89.9 Å². The zero-order valence-corrected chi connectivity index (χ0v) is 9.32. The van der Waals surface area contributed by atoms with Crippen LogP contribution in [-0.2, 0) is 0 Å². The molecule has 0 fully saturated rings. The number of anilines is 1. The van der Waals surface area contributed by atoms with E-state index < -0.39 is 0 Å². The number of thiocarbonyl (C=S) groups is 1. The van der Waals surface area contributed by atoms with Crippen LogP contribution in [0.1, 0.15) is 18.9 Å². The molecule has 0 saturated carbocycles. The van der Waals surface area contributed by atoms with Gasteiger partial charge < -0.3 is 10.6 Å². The molecule has 0 aliphatic rings. The minimum atomic E-state index is 0.628. The fourth-order valence-electron chi connectivity index (χ4n) is 0.941. The molecule has 0 aliphatic heterocycles. The first-order chi connectivity index (χ1) is 6.72. The number of nitrogens with one attached hydrogen (secondary N) is 2. The van der Waals surface area contributed by atoms with Gasteiger partial charge in [0.05, 0.1) is 0 Å². The van der Waals surface area contributed by atoms with Gasteiger partial charge in [0.2, 0.25) is 0 Å². The van der Waals surface area contributed by atoms with Crippen LogP contribution >= 0.6 is 12.2 Å². The summed E-state index contributed by atoms with van der Waals surface area (Å²) in [5.41, 5.74) is 1.14. The Morgan fingerprint density at radius 2 is 2.29 bits per heavy atom. The van der Waals surface area contributed by atoms with Crippen molar-refractivity contribution in [3.8, 4) is 0 Å². The van der Waals surface area contributed by atoms with Gasteiger partial charge in [0.15, 0.2) is 5.11 Å². The summed E-state index contributed by atoms with van der Waals surface area (Å²) in [4.78, 5) is 4.19. The third-order valence-corrected chi connectivity index (χ3v) is 1.93. The lowest BCUT2D eigenvalue weighted by atomic mass is 10.3. The van der Waals surface area contributed by atoms with E-state index in [4.69, 9.17) is 12.2 Å². The summed E-state index contributed by atoms with van der Waals surface area (Å²) in [6.07, 6.45) is 2.87. The van der Waals surface area contributed by atoms with E-state index in [0.29, 0.717) is 5.11 Å². The van der Waals surface area contributed by atoms with E-state index in [2.05, 4.69) is 22.5 Å². The Morgan fingerprint density at radius 1 is 1.50 bits per heavy atom. The smallest absolute Gasteiger partial charge is 0.171 e. The van der Waals surface area contributed by atoms with Crippen molar-refractivity contribution in [2.24, 2.45) is 0 Å². The van der Waals surface area contributed by atoms with Gasteiger partial charge in [-0.15, -0.1) is 0 Å². The van der Waals surface area contributed by atoms with E-state index in [1.807, 2.05) is 25.3 Å². The zero-order valence-electron chi connectivity index (χ0n) is 8.50. The third kappa shape index (κ3) is 3.70. The minimum Gasteiger partial charge on any atom is -0.362 e. The molecule has 1 aromatic rings. The highest BCUT2D eigenvalue weighted by Gasteiger charge is 1.96. The van der Waals surface area contributed by atoms with E-state index in [1.54, 1.807) is 0 Å². The molecule has 1 heterocycles. The van der Waals surface area contributed by atoms with Crippen LogP contribution in [-0.4, -0.2) is 16.6 Å². The first-order valence-corrected chi connectivity index (χ1v) is 5.10. The molecule has 2 N–H and O–H groups in total. The molecule has 0 saturated heterocycles. The lowest BCUT2D eigenvalue weighted by molar-refractivity contribution is 0.846. The second-order valence-electron chi connectivity index (χ2n) is 3.10. The lowest BCUT2D eigenvalue weighted by Gasteiger charge is -2.08. The van der Waals surface area contributed by atoms with E-state index in [9.17, 15) is 0 Å². The number of aromatic nitrogens is 1. The van der Waals surface area contributed by atoms with Crippen molar-refractivity contribution in [1.82, 2.24) is 10.3 Å². The molecule has 0 spiro atoms. The lowest BCUT2D eigenvalue weighted by Crippen LogP contribution is -2.29. The van der Waals surface area contributed by atoms with Gasteiger partial charge >= 0.3 is 0 Å². The van der Waals surface area contributed by atoms with Crippen LogP contribution in [0.2, 0.25) is 0 Å². The molecular formula is C10H15N3S. The second kappa shape index (κ2) is 5.54. The van der Waals surface area contributed by atoms with E-state index in [1.165, 1.54) is 0 Å². The molecule has 0 aromatic carbocycles. The summed E-state index contributed by atoms with van der Waals surface area (Å²) in [6, 6.07) is 3.91. The van der Waals surface area contributed by atoms with E-state index in [0.717, 1.165) is 24.3 Å². The van der Waals surface area contributed by atoms with Crippen LogP contribution in [0, 0.1) is 6.92 Å². The van der Waals surface area contributed by atoms with E-state index in [-0.39, 0.29) is 0 Å². The number of hydrogen-bond donors (Lipinski definition) is 2. The molecule has 0 radical (unpaired) electrons. The average molecular weight is 209 g/mol. The van der Waals surface area contributed by atoms with Crippen molar-refractivity contribution < 1.29 is 0 Å². The molecule has 0 unspecified atom stereocenters. The summed E-state index contributed by atoms with van der Waals surface area (Å²) < 4.78 is 0. The van der Waals surface area contributed by atoms with Crippen LogP contribution in [0.3, 0.4) is 0 Å². The van der Waals surface area contributed by atoms with Crippen molar-refractivity contribution in [3.63, 3.8) is 0 Å². The Bertz CT molecular complexity index is 295. The van der Waals surface area contributed by atoms with Crippen LogP contribution in [0.4, 0.5) is 5.82 Å². The van der Waals surface area contributed by atoms with Crippen LogP contribution in [0.5, 0.6) is 0 Å². The molecule has 76 valence electrons. The highest BCUT2D eigenvalue weighted by molar-refractivity contribution is 7.80. The van der Waals surface area contributed by atoms with Gasteiger partial charge in [-0.25, -0.2) is 4.98 Å². The van der Waals surface area contributed by atoms with Gasteiger partial charge in [0.1, 0.15) is 5.82 Å². The van der Waals surface area contributed by atoms with Gasteiger partial charge in [-0.2, -0.15) is 0 Å². The van der Waals surface area contributed by atoms with Gasteiger partial charge in [-0.3, -0.25) is 0 Å². The minimum absolute atomic E-state index is 0.628. The van der Waals surface area contributed by atoms with Crippen molar-refractivity contribution in [1.29, 1.82) is 0 Å². The van der Waals surface area contributed by atoms with Gasteiger partial charge in [-0.1, -0.05) is 13.0 Å². The molecule has 0 aliphatic carbocycles. The normalized spacial score (nSPS) is 9.57. The van der Waals surface area contributed by atoms with Crippen LogP contribution < -0.4 is 10.6 Å². The number of aryl methyl sites for hydroxylation is 1.